The zero-order valence-electron chi connectivity index (χ0n) is 12.4. The molecule has 0 atom stereocenters. The van der Waals surface area contributed by atoms with Gasteiger partial charge in [0.25, 0.3) is 5.91 Å². The normalized spacial score (nSPS) is 11.6. The largest absolute Gasteiger partial charge is 0.351 e. The van der Waals surface area contributed by atoms with Gasteiger partial charge in [-0.25, -0.2) is 13.6 Å². The average Bonchev–Trinajstić information content (AvgIpc) is 2.95. The van der Waals surface area contributed by atoms with Crippen molar-refractivity contribution in [1.29, 1.82) is 0 Å². The predicted molar refractivity (Wildman–Crippen MR) is 92.3 cm³/mol. The predicted octanol–water partition coefficient (Wildman–Crippen LogP) is 2.40. The molecule has 0 saturated heterocycles. The molecule has 3 rings (SSSR count). The molecular formula is C16H14ClN3O3S. The van der Waals surface area contributed by atoms with Crippen molar-refractivity contribution in [2.24, 2.45) is 5.14 Å². The van der Waals surface area contributed by atoms with E-state index in [0.29, 0.717) is 16.3 Å². The van der Waals surface area contributed by atoms with Crippen LogP contribution in [0.5, 0.6) is 0 Å². The van der Waals surface area contributed by atoms with E-state index in [9.17, 15) is 13.2 Å². The van der Waals surface area contributed by atoms with Crippen molar-refractivity contribution in [3.05, 3.63) is 64.8 Å². The Morgan fingerprint density at radius 2 is 1.96 bits per heavy atom. The van der Waals surface area contributed by atoms with Gasteiger partial charge in [0.05, 0.1) is 4.90 Å². The number of aromatic nitrogens is 1. The molecule has 1 heterocycles. The van der Waals surface area contributed by atoms with Gasteiger partial charge in [0.15, 0.2) is 0 Å². The third-order valence-corrected chi connectivity index (χ3v) is 4.65. The minimum absolute atomic E-state index is 0.00880. The van der Waals surface area contributed by atoms with Gasteiger partial charge in [-0.15, -0.1) is 0 Å². The first kappa shape index (κ1) is 16.5. The quantitative estimate of drug-likeness (QED) is 0.662. The molecule has 0 saturated carbocycles. The van der Waals surface area contributed by atoms with Gasteiger partial charge in [-0.05, 0) is 42.0 Å². The SMILES string of the molecule is NS(=O)(=O)c1cccc(CNC(=O)c2cc3cc(Cl)ccc3[nH]2)c1. The van der Waals surface area contributed by atoms with Crippen LogP contribution in [0.4, 0.5) is 0 Å². The lowest BCUT2D eigenvalue weighted by Gasteiger charge is -2.05. The molecule has 8 heteroatoms. The Bertz CT molecular complexity index is 1030. The van der Waals surface area contributed by atoms with E-state index in [-0.39, 0.29) is 17.3 Å². The first-order chi connectivity index (χ1) is 11.3. The molecule has 0 spiro atoms. The van der Waals surface area contributed by atoms with E-state index >= 15 is 0 Å². The van der Waals surface area contributed by atoms with Crippen LogP contribution in [-0.4, -0.2) is 19.3 Å². The molecule has 124 valence electrons. The molecule has 0 bridgehead atoms. The number of primary sulfonamides is 1. The lowest BCUT2D eigenvalue weighted by Crippen LogP contribution is -2.23. The molecule has 0 aliphatic rings. The summed E-state index contributed by atoms with van der Waals surface area (Å²) in [6.45, 7) is 0.179. The highest BCUT2D eigenvalue weighted by Gasteiger charge is 2.11. The molecule has 4 N–H and O–H groups in total. The first-order valence-electron chi connectivity index (χ1n) is 7.01. The second-order valence-corrected chi connectivity index (χ2v) is 7.29. The number of nitrogens with one attached hydrogen (secondary N) is 2. The Kier molecular flexibility index (Phi) is 4.31. The molecule has 0 aliphatic carbocycles. The molecule has 1 amide bonds. The number of nitrogens with two attached hydrogens (primary N) is 1. The van der Waals surface area contributed by atoms with Crippen molar-refractivity contribution < 1.29 is 13.2 Å². The number of benzene rings is 2. The molecule has 24 heavy (non-hydrogen) atoms. The lowest BCUT2D eigenvalue weighted by molar-refractivity contribution is 0.0946. The van der Waals surface area contributed by atoms with Crippen molar-refractivity contribution in [3.63, 3.8) is 0 Å². The maximum absolute atomic E-state index is 12.2. The summed E-state index contributed by atoms with van der Waals surface area (Å²) in [4.78, 5) is 15.3. The minimum Gasteiger partial charge on any atom is -0.351 e. The van der Waals surface area contributed by atoms with Gasteiger partial charge >= 0.3 is 0 Å². The summed E-state index contributed by atoms with van der Waals surface area (Å²) in [6, 6.07) is 13.1. The number of sulfonamides is 1. The van der Waals surface area contributed by atoms with E-state index in [4.69, 9.17) is 16.7 Å². The number of rotatable bonds is 4. The van der Waals surface area contributed by atoms with Crippen LogP contribution in [-0.2, 0) is 16.6 Å². The Labute approximate surface area is 143 Å². The Hall–Kier alpha value is -2.35. The second kappa shape index (κ2) is 6.27. The van der Waals surface area contributed by atoms with Crippen LogP contribution in [0.2, 0.25) is 5.02 Å². The fourth-order valence-corrected chi connectivity index (χ4v) is 3.10. The first-order valence-corrected chi connectivity index (χ1v) is 8.93. The lowest BCUT2D eigenvalue weighted by atomic mass is 10.2. The van der Waals surface area contributed by atoms with Crippen molar-refractivity contribution >= 4 is 38.4 Å². The van der Waals surface area contributed by atoms with Crippen molar-refractivity contribution in [2.75, 3.05) is 0 Å². The standard InChI is InChI=1S/C16H14ClN3O3S/c17-12-4-5-14-11(7-12)8-15(20-14)16(21)19-9-10-2-1-3-13(6-10)24(18,22)23/h1-8,20H,9H2,(H,19,21)(H2,18,22,23). The third kappa shape index (κ3) is 3.59. The van der Waals surface area contributed by atoms with Crippen LogP contribution in [0, 0.1) is 0 Å². The molecule has 0 unspecified atom stereocenters. The van der Waals surface area contributed by atoms with E-state index in [1.54, 1.807) is 36.4 Å². The van der Waals surface area contributed by atoms with Crippen LogP contribution in [0.25, 0.3) is 10.9 Å². The number of halogens is 1. The van der Waals surface area contributed by atoms with Crippen molar-refractivity contribution in [1.82, 2.24) is 10.3 Å². The summed E-state index contributed by atoms with van der Waals surface area (Å²) in [5, 5.41) is 9.26. The van der Waals surface area contributed by atoms with Crippen LogP contribution in [0.1, 0.15) is 16.1 Å². The van der Waals surface area contributed by atoms with Crippen LogP contribution in [0.3, 0.4) is 0 Å². The fourth-order valence-electron chi connectivity index (χ4n) is 2.34. The van der Waals surface area contributed by atoms with Crippen LogP contribution < -0.4 is 10.5 Å². The third-order valence-electron chi connectivity index (χ3n) is 3.51. The van der Waals surface area contributed by atoms with Crippen LogP contribution >= 0.6 is 11.6 Å². The van der Waals surface area contributed by atoms with E-state index in [2.05, 4.69) is 10.3 Å². The molecule has 6 nitrogen and oxygen atoms in total. The fraction of sp³-hybridized carbons (Fsp3) is 0.0625. The Morgan fingerprint density at radius 3 is 2.71 bits per heavy atom. The van der Waals surface area contributed by atoms with Gasteiger partial charge in [0.2, 0.25) is 10.0 Å². The molecule has 0 radical (unpaired) electrons. The van der Waals surface area contributed by atoms with Gasteiger partial charge in [0.1, 0.15) is 5.69 Å². The molecule has 3 aromatic rings. The molecular weight excluding hydrogens is 350 g/mol. The summed E-state index contributed by atoms with van der Waals surface area (Å²) >= 11 is 5.93. The van der Waals surface area contributed by atoms with E-state index in [1.807, 2.05) is 0 Å². The number of fused-ring (bicyclic) bond motifs is 1. The Balaban J connectivity index is 1.75. The minimum atomic E-state index is -3.77. The monoisotopic (exact) mass is 363 g/mol. The summed E-state index contributed by atoms with van der Waals surface area (Å²) < 4.78 is 22.7. The van der Waals surface area contributed by atoms with Gasteiger partial charge < -0.3 is 10.3 Å². The highest BCUT2D eigenvalue weighted by Crippen LogP contribution is 2.20. The van der Waals surface area contributed by atoms with E-state index in [1.165, 1.54) is 12.1 Å². The number of carbonyl (C=O) groups excluding carboxylic acids is 1. The van der Waals surface area contributed by atoms with Gasteiger partial charge in [-0.3, -0.25) is 4.79 Å². The van der Waals surface area contributed by atoms with Crippen molar-refractivity contribution in [2.45, 2.75) is 11.4 Å². The zero-order valence-corrected chi connectivity index (χ0v) is 14.0. The highest BCUT2D eigenvalue weighted by atomic mass is 35.5. The molecule has 1 aromatic heterocycles. The maximum Gasteiger partial charge on any atom is 0.267 e. The molecule has 2 aromatic carbocycles. The number of amides is 1. The number of hydrogen-bond acceptors (Lipinski definition) is 3. The molecule has 0 fully saturated rings. The zero-order chi connectivity index (χ0) is 17.3. The van der Waals surface area contributed by atoms with Crippen LogP contribution in [0.15, 0.2) is 53.4 Å². The number of H-pyrrole nitrogens is 1. The van der Waals surface area contributed by atoms with Gasteiger partial charge in [-0.2, -0.15) is 0 Å². The van der Waals surface area contributed by atoms with Gasteiger partial charge in [-0.1, -0.05) is 23.7 Å². The highest BCUT2D eigenvalue weighted by molar-refractivity contribution is 7.89. The summed E-state index contributed by atoms with van der Waals surface area (Å²) in [6.07, 6.45) is 0. The number of hydrogen-bond donors (Lipinski definition) is 3. The van der Waals surface area contributed by atoms with Crippen molar-refractivity contribution in [3.8, 4) is 0 Å². The Morgan fingerprint density at radius 1 is 1.17 bits per heavy atom. The van der Waals surface area contributed by atoms with Gasteiger partial charge in [0, 0.05) is 22.5 Å². The van der Waals surface area contributed by atoms with E-state index in [0.717, 1.165) is 10.9 Å². The average molecular weight is 364 g/mol. The topological polar surface area (TPSA) is 105 Å². The maximum atomic E-state index is 12.2. The summed E-state index contributed by atoms with van der Waals surface area (Å²) in [5.74, 6) is -0.302. The second-order valence-electron chi connectivity index (χ2n) is 5.29. The smallest absolute Gasteiger partial charge is 0.267 e. The summed E-state index contributed by atoms with van der Waals surface area (Å²) in [7, 11) is -3.77. The summed E-state index contributed by atoms with van der Waals surface area (Å²) in [5.41, 5.74) is 1.84. The number of aromatic amines is 1. The van der Waals surface area contributed by atoms with E-state index < -0.39 is 10.0 Å². The number of carbonyl (C=O) groups is 1. The molecule has 0 aliphatic heterocycles.